The van der Waals surface area contributed by atoms with Crippen molar-refractivity contribution in [3.63, 3.8) is 0 Å². The standard InChI is InChI=1S/C14H15N5S/c15-12-11-10(18-14(16)19-12)8-6-7-4-2-1-3-5-9(7)17-13(8)20-11/h6H,1-5H2,(H4,15,16,18,19). The summed E-state index contributed by atoms with van der Waals surface area (Å²) in [6.45, 7) is 0. The summed E-state index contributed by atoms with van der Waals surface area (Å²) in [5, 5.41) is 1.06. The zero-order valence-corrected chi connectivity index (χ0v) is 11.8. The van der Waals surface area contributed by atoms with Gasteiger partial charge < -0.3 is 11.5 Å². The molecule has 4 N–H and O–H groups in total. The minimum absolute atomic E-state index is 0.227. The number of hydrogen-bond acceptors (Lipinski definition) is 6. The molecule has 0 aliphatic heterocycles. The van der Waals surface area contributed by atoms with Gasteiger partial charge in [-0.1, -0.05) is 6.42 Å². The van der Waals surface area contributed by atoms with Crippen LogP contribution >= 0.6 is 11.3 Å². The fraction of sp³-hybridized carbons (Fsp3) is 0.357. The Balaban J connectivity index is 2.06. The van der Waals surface area contributed by atoms with Crippen LogP contribution in [-0.2, 0) is 12.8 Å². The summed E-state index contributed by atoms with van der Waals surface area (Å²) in [6, 6.07) is 2.23. The molecule has 1 aliphatic rings. The average molecular weight is 285 g/mol. The molecule has 1 aliphatic carbocycles. The van der Waals surface area contributed by atoms with Gasteiger partial charge in [-0.15, -0.1) is 11.3 Å². The first-order valence-electron chi connectivity index (χ1n) is 6.86. The molecule has 0 amide bonds. The molecule has 0 aromatic carbocycles. The van der Waals surface area contributed by atoms with Crippen LogP contribution in [0.25, 0.3) is 20.4 Å². The van der Waals surface area contributed by atoms with E-state index in [1.165, 1.54) is 30.5 Å². The number of thiophene rings is 1. The van der Waals surface area contributed by atoms with Gasteiger partial charge in [-0.25, -0.2) is 9.97 Å². The summed E-state index contributed by atoms with van der Waals surface area (Å²) >= 11 is 1.56. The number of nitrogens with two attached hydrogens (primary N) is 2. The van der Waals surface area contributed by atoms with Crippen LogP contribution in [0.15, 0.2) is 6.07 Å². The lowest BCUT2D eigenvalue weighted by Crippen LogP contribution is -1.99. The molecule has 0 fully saturated rings. The number of aromatic nitrogens is 3. The number of fused-ring (bicyclic) bond motifs is 4. The monoisotopic (exact) mass is 285 g/mol. The highest BCUT2D eigenvalue weighted by Crippen LogP contribution is 2.36. The van der Waals surface area contributed by atoms with Gasteiger partial charge in [-0.05, 0) is 37.3 Å². The van der Waals surface area contributed by atoms with Gasteiger partial charge in [0.15, 0.2) is 0 Å². The van der Waals surface area contributed by atoms with Crippen LogP contribution in [0.5, 0.6) is 0 Å². The summed E-state index contributed by atoms with van der Waals surface area (Å²) in [4.78, 5) is 14.2. The van der Waals surface area contributed by atoms with Crippen molar-refractivity contribution in [2.24, 2.45) is 0 Å². The summed E-state index contributed by atoms with van der Waals surface area (Å²) in [7, 11) is 0. The topological polar surface area (TPSA) is 90.7 Å². The van der Waals surface area contributed by atoms with Crippen LogP contribution in [0.2, 0.25) is 0 Å². The van der Waals surface area contributed by atoms with E-state index in [1.807, 2.05) is 0 Å². The number of aryl methyl sites for hydroxylation is 2. The first-order valence-corrected chi connectivity index (χ1v) is 7.68. The van der Waals surface area contributed by atoms with Crippen molar-refractivity contribution < 1.29 is 0 Å². The summed E-state index contributed by atoms with van der Waals surface area (Å²) < 4.78 is 0.891. The number of pyridine rings is 1. The fourth-order valence-electron chi connectivity index (χ4n) is 2.90. The van der Waals surface area contributed by atoms with E-state index in [0.717, 1.165) is 33.3 Å². The van der Waals surface area contributed by atoms with Gasteiger partial charge in [0.05, 0.1) is 10.2 Å². The number of nitrogen functional groups attached to an aromatic ring is 2. The molecule has 3 heterocycles. The second-order valence-electron chi connectivity index (χ2n) is 5.25. The molecule has 5 nitrogen and oxygen atoms in total. The first kappa shape index (κ1) is 11.8. The lowest BCUT2D eigenvalue weighted by Gasteiger charge is -2.04. The van der Waals surface area contributed by atoms with E-state index in [-0.39, 0.29) is 5.95 Å². The molecule has 0 radical (unpaired) electrons. The maximum Gasteiger partial charge on any atom is 0.222 e. The van der Waals surface area contributed by atoms with E-state index in [0.29, 0.717) is 5.82 Å². The van der Waals surface area contributed by atoms with Gasteiger partial charge >= 0.3 is 0 Å². The Morgan fingerprint density at radius 1 is 1.00 bits per heavy atom. The smallest absolute Gasteiger partial charge is 0.222 e. The molecule has 6 heteroatoms. The van der Waals surface area contributed by atoms with Gasteiger partial charge in [-0.2, -0.15) is 4.98 Å². The molecule has 0 atom stereocenters. The quantitative estimate of drug-likeness (QED) is 0.620. The van der Waals surface area contributed by atoms with E-state index in [9.17, 15) is 0 Å². The third-order valence-electron chi connectivity index (χ3n) is 3.88. The molecule has 0 spiro atoms. The number of nitrogens with zero attached hydrogens (tertiary/aromatic N) is 3. The van der Waals surface area contributed by atoms with Crippen molar-refractivity contribution in [3.05, 3.63) is 17.3 Å². The van der Waals surface area contributed by atoms with E-state index >= 15 is 0 Å². The molecular weight excluding hydrogens is 270 g/mol. The van der Waals surface area contributed by atoms with Crippen molar-refractivity contribution in [2.75, 3.05) is 11.5 Å². The molecule has 3 aromatic rings. The van der Waals surface area contributed by atoms with Gasteiger partial charge in [0, 0.05) is 11.1 Å². The fourth-order valence-corrected chi connectivity index (χ4v) is 3.92. The van der Waals surface area contributed by atoms with E-state index < -0.39 is 0 Å². The van der Waals surface area contributed by atoms with Gasteiger partial charge in [0.2, 0.25) is 5.95 Å². The van der Waals surface area contributed by atoms with Gasteiger partial charge in [-0.3, -0.25) is 0 Å². The predicted molar refractivity (Wildman–Crippen MR) is 82.8 cm³/mol. The van der Waals surface area contributed by atoms with Crippen LogP contribution in [-0.4, -0.2) is 15.0 Å². The van der Waals surface area contributed by atoms with Gasteiger partial charge in [0.1, 0.15) is 10.6 Å². The Kier molecular flexibility index (Phi) is 2.53. The van der Waals surface area contributed by atoms with Crippen molar-refractivity contribution in [3.8, 4) is 0 Å². The molecule has 20 heavy (non-hydrogen) atoms. The second-order valence-corrected chi connectivity index (χ2v) is 6.25. The minimum Gasteiger partial charge on any atom is -0.382 e. The van der Waals surface area contributed by atoms with Gasteiger partial charge in [0.25, 0.3) is 0 Å². The highest BCUT2D eigenvalue weighted by molar-refractivity contribution is 7.25. The van der Waals surface area contributed by atoms with Crippen LogP contribution in [0, 0.1) is 0 Å². The normalized spacial score (nSPS) is 15.4. The van der Waals surface area contributed by atoms with E-state index in [4.69, 9.17) is 16.5 Å². The maximum atomic E-state index is 5.95. The third kappa shape index (κ3) is 1.71. The third-order valence-corrected chi connectivity index (χ3v) is 4.99. The molecule has 0 saturated heterocycles. The molecule has 4 rings (SSSR count). The van der Waals surface area contributed by atoms with Crippen LogP contribution in [0.4, 0.5) is 11.8 Å². The molecule has 0 unspecified atom stereocenters. The Hall–Kier alpha value is -1.95. The molecular formula is C14H15N5S. The maximum absolute atomic E-state index is 5.95. The van der Waals surface area contributed by atoms with E-state index in [2.05, 4.69) is 16.0 Å². The van der Waals surface area contributed by atoms with Crippen molar-refractivity contribution >= 4 is 43.5 Å². The molecule has 0 saturated carbocycles. The highest BCUT2D eigenvalue weighted by Gasteiger charge is 2.16. The van der Waals surface area contributed by atoms with Crippen molar-refractivity contribution in [2.45, 2.75) is 32.1 Å². The average Bonchev–Trinajstić information content (AvgIpc) is 2.62. The summed E-state index contributed by atoms with van der Waals surface area (Å²) in [5.41, 5.74) is 15.1. The Labute approximate surface area is 120 Å². The Morgan fingerprint density at radius 3 is 2.75 bits per heavy atom. The largest absolute Gasteiger partial charge is 0.382 e. The SMILES string of the molecule is Nc1nc(N)c2sc3nc4c(cc3c2n1)CCCCC4. The minimum atomic E-state index is 0.227. The van der Waals surface area contributed by atoms with E-state index in [1.54, 1.807) is 11.3 Å². The number of rotatable bonds is 0. The summed E-state index contributed by atoms with van der Waals surface area (Å²) in [6.07, 6.45) is 5.92. The molecule has 0 bridgehead atoms. The molecule has 102 valence electrons. The number of hydrogen-bond donors (Lipinski definition) is 2. The Morgan fingerprint density at radius 2 is 1.85 bits per heavy atom. The zero-order chi connectivity index (χ0) is 13.7. The van der Waals surface area contributed by atoms with Crippen molar-refractivity contribution in [1.29, 1.82) is 0 Å². The predicted octanol–water partition coefficient (Wildman–Crippen LogP) is 2.67. The zero-order valence-electron chi connectivity index (χ0n) is 11.0. The second kappa shape index (κ2) is 4.28. The highest BCUT2D eigenvalue weighted by atomic mass is 32.1. The van der Waals surface area contributed by atoms with Crippen LogP contribution in [0.1, 0.15) is 30.5 Å². The van der Waals surface area contributed by atoms with Crippen LogP contribution < -0.4 is 11.5 Å². The molecule has 3 aromatic heterocycles. The lowest BCUT2D eigenvalue weighted by molar-refractivity contribution is 0.709. The summed E-state index contributed by atoms with van der Waals surface area (Å²) in [5.74, 6) is 0.676. The van der Waals surface area contributed by atoms with Crippen LogP contribution in [0.3, 0.4) is 0 Å². The lowest BCUT2D eigenvalue weighted by atomic mass is 10.1. The number of anilines is 2. The Bertz CT molecular complexity index is 823. The first-order chi connectivity index (χ1) is 9.72. The van der Waals surface area contributed by atoms with Crippen molar-refractivity contribution in [1.82, 2.24) is 15.0 Å².